The Labute approximate surface area is 123 Å². The fraction of sp³-hybridized carbons (Fsp3) is 0.429. The molecule has 0 saturated carbocycles. The van der Waals surface area contributed by atoms with E-state index in [4.69, 9.17) is 5.26 Å². The third-order valence-electron chi connectivity index (χ3n) is 3.44. The second kappa shape index (κ2) is 6.64. The summed E-state index contributed by atoms with van der Waals surface area (Å²) in [5, 5.41) is 8.89. The second-order valence-corrected chi connectivity index (χ2v) is 6.70. The first-order valence-corrected chi connectivity index (χ1v) is 8.12. The molecule has 0 aromatic heterocycles. The number of hydrogen-bond acceptors (Lipinski definition) is 5. The summed E-state index contributed by atoms with van der Waals surface area (Å²) in [6.45, 7) is 0.314. The Morgan fingerprint density at radius 3 is 2.81 bits per heavy atom. The first-order valence-electron chi connectivity index (χ1n) is 6.68. The maximum absolute atomic E-state index is 12.7. The highest BCUT2D eigenvalue weighted by molar-refractivity contribution is 7.89. The fourth-order valence-corrected chi connectivity index (χ4v) is 4.04. The average Bonchev–Trinajstić information content (AvgIpc) is 2.73. The van der Waals surface area contributed by atoms with Crippen molar-refractivity contribution in [2.24, 2.45) is 4.99 Å². The molecule has 1 aliphatic heterocycles. The van der Waals surface area contributed by atoms with E-state index in [2.05, 4.69) is 4.99 Å². The zero-order valence-corrected chi connectivity index (χ0v) is 12.2. The maximum atomic E-state index is 12.7. The highest BCUT2D eigenvalue weighted by Crippen LogP contribution is 2.25. The van der Waals surface area contributed by atoms with Crippen LogP contribution in [0, 0.1) is 11.3 Å². The average molecular weight is 305 g/mol. The molecule has 1 aliphatic rings. The molecule has 0 radical (unpaired) electrons. The molecular weight excluding hydrogens is 290 g/mol. The molecule has 0 bridgehead atoms. The molecule has 0 aliphatic carbocycles. The maximum Gasteiger partial charge on any atom is 0.244 e. The van der Waals surface area contributed by atoms with Gasteiger partial charge in [0.05, 0.1) is 16.5 Å². The van der Waals surface area contributed by atoms with Gasteiger partial charge in [-0.3, -0.25) is 0 Å². The van der Waals surface area contributed by atoms with Crippen molar-refractivity contribution in [2.45, 2.75) is 36.7 Å². The van der Waals surface area contributed by atoms with Crippen LogP contribution in [0.3, 0.4) is 0 Å². The Morgan fingerprint density at radius 1 is 1.29 bits per heavy atom. The monoisotopic (exact) mass is 305 g/mol. The Balaban J connectivity index is 2.44. The molecule has 1 atom stereocenters. The van der Waals surface area contributed by atoms with E-state index >= 15 is 0 Å². The highest BCUT2D eigenvalue weighted by Gasteiger charge is 2.32. The van der Waals surface area contributed by atoms with Crippen molar-refractivity contribution in [3.8, 4) is 6.07 Å². The van der Waals surface area contributed by atoms with Gasteiger partial charge in [-0.2, -0.15) is 14.6 Å². The summed E-state index contributed by atoms with van der Waals surface area (Å²) in [5.41, 5.74) is 0.279. The predicted molar refractivity (Wildman–Crippen MR) is 75.4 cm³/mol. The Kier molecular flexibility index (Phi) is 4.86. The lowest BCUT2D eigenvalue weighted by Crippen LogP contribution is -2.38. The molecule has 0 spiro atoms. The molecule has 6 nitrogen and oxygen atoms in total. The number of rotatable bonds is 3. The Hall–Kier alpha value is -2.00. The van der Waals surface area contributed by atoms with E-state index < -0.39 is 16.2 Å². The lowest BCUT2D eigenvalue weighted by molar-refractivity contribution is 0.330. The normalized spacial score (nSPS) is 20.0. The van der Waals surface area contributed by atoms with Gasteiger partial charge in [-0.1, -0.05) is 12.5 Å². The number of isocyanates is 1. The minimum absolute atomic E-state index is 0.0505. The van der Waals surface area contributed by atoms with E-state index in [0.29, 0.717) is 13.0 Å². The van der Waals surface area contributed by atoms with Gasteiger partial charge in [0.1, 0.15) is 6.17 Å². The van der Waals surface area contributed by atoms with E-state index in [-0.39, 0.29) is 10.5 Å². The summed E-state index contributed by atoms with van der Waals surface area (Å²) in [5.74, 6) is 0. The zero-order chi connectivity index (χ0) is 15.3. The van der Waals surface area contributed by atoms with Crippen LogP contribution in [-0.4, -0.2) is 31.5 Å². The van der Waals surface area contributed by atoms with Crippen LogP contribution in [0.15, 0.2) is 34.2 Å². The van der Waals surface area contributed by atoms with Crippen LogP contribution in [0.2, 0.25) is 0 Å². The van der Waals surface area contributed by atoms with Gasteiger partial charge >= 0.3 is 0 Å². The van der Waals surface area contributed by atoms with Crippen molar-refractivity contribution in [1.29, 1.82) is 5.26 Å². The van der Waals surface area contributed by atoms with Crippen LogP contribution >= 0.6 is 0 Å². The van der Waals surface area contributed by atoms with Crippen LogP contribution in [-0.2, 0) is 14.8 Å². The largest absolute Gasteiger partial charge is 0.244 e. The fourth-order valence-electron chi connectivity index (χ4n) is 2.40. The smallest absolute Gasteiger partial charge is 0.211 e. The number of nitriles is 1. The summed E-state index contributed by atoms with van der Waals surface area (Å²) in [7, 11) is -3.78. The molecular formula is C14H15N3O3S. The first-order chi connectivity index (χ1) is 10.1. The molecule has 2 rings (SSSR count). The van der Waals surface area contributed by atoms with Gasteiger partial charge in [-0.05, 0) is 37.5 Å². The lowest BCUT2D eigenvalue weighted by atomic mass is 10.2. The van der Waals surface area contributed by atoms with Gasteiger partial charge in [0, 0.05) is 6.54 Å². The van der Waals surface area contributed by atoms with Gasteiger partial charge in [-0.15, -0.1) is 0 Å². The summed E-state index contributed by atoms with van der Waals surface area (Å²) in [6, 6.07) is 7.78. The van der Waals surface area contributed by atoms with Gasteiger partial charge < -0.3 is 0 Å². The van der Waals surface area contributed by atoms with Crippen LogP contribution in [0.5, 0.6) is 0 Å². The van der Waals surface area contributed by atoms with Crippen LogP contribution in [0.25, 0.3) is 0 Å². The lowest BCUT2D eigenvalue weighted by Gasteiger charge is -2.25. The Bertz CT molecular complexity index is 702. The molecule has 21 heavy (non-hydrogen) atoms. The van der Waals surface area contributed by atoms with E-state index in [1.54, 1.807) is 6.07 Å². The van der Waals surface area contributed by atoms with Crippen LogP contribution in [0.4, 0.5) is 0 Å². The summed E-state index contributed by atoms with van der Waals surface area (Å²) in [6.07, 6.45) is 3.70. The van der Waals surface area contributed by atoms with Gasteiger partial charge in [0.15, 0.2) is 0 Å². The molecule has 0 amide bonds. The van der Waals surface area contributed by atoms with Crippen molar-refractivity contribution >= 4 is 16.1 Å². The van der Waals surface area contributed by atoms with Crippen LogP contribution in [0.1, 0.15) is 31.2 Å². The number of aliphatic imine (C=N–C) groups is 1. The standard InChI is InChI=1S/C14H15N3O3S/c15-10-12-5-4-6-13(9-12)21(19,20)17-8-3-1-2-7-14(17)16-11-18/h4-6,9,14H,1-3,7-8H2. The number of carbonyl (C=O) groups excluding carboxylic acids is 1. The van der Waals surface area contributed by atoms with Crippen LogP contribution < -0.4 is 0 Å². The molecule has 0 N–H and O–H groups in total. The number of sulfonamides is 1. The SMILES string of the molecule is N#Cc1cccc(S(=O)(=O)N2CCCCCC2N=C=O)c1. The van der Waals surface area contributed by atoms with Gasteiger partial charge in [0.2, 0.25) is 16.1 Å². The second-order valence-electron chi connectivity index (χ2n) is 4.81. The van der Waals surface area contributed by atoms with E-state index in [1.807, 2.05) is 6.07 Å². The molecule has 1 aromatic rings. The first kappa shape index (κ1) is 15.4. The van der Waals surface area contributed by atoms with Crippen molar-refractivity contribution in [3.05, 3.63) is 29.8 Å². The summed E-state index contributed by atoms with van der Waals surface area (Å²) < 4.78 is 26.7. The summed E-state index contributed by atoms with van der Waals surface area (Å²) in [4.78, 5) is 14.2. The topological polar surface area (TPSA) is 90.6 Å². The highest BCUT2D eigenvalue weighted by atomic mass is 32.2. The molecule has 7 heteroatoms. The Morgan fingerprint density at radius 2 is 2.10 bits per heavy atom. The van der Waals surface area contributed by atoms with E-state index in [1.165, 1.54) is 28.6 Å². The van der Waals surface area contributed by atoms with Gasteiger partial charge in [-0.25, -0.2) is 13.2 Å². The number of nitrogens with zero attached hydrogens (tertiary/aromatic N) is 3. The van der Waals surface area contributed by atoms with Crippen molar-refractivity contribution < 1.29 is 13.2 Å². The molecule has 1 unspecified atom stereocenters. The summed E-state index contributed by atoms with van der Waals surface area (Å²) >= 11 is 0. The zero-order valence-electron chi connectivity index (χ0n) is 11.4. The van der Waals surface area contributed by atoms with Crippen molar-refractivity contribution in [1.82, 2.24) is 4.31 Å². The predicted octanol–water partition coefficient (Wildman–Crippen LogP) is 1.78. The molecule has 1 fully saturated rings. The van der Waals surface area contributed by atoms with Crippen molar-refractivity contribution in [3.63, 3.8) is 0 Å². The van der Waals surface area contributed by atoms with E-state index in [0.717, 1.165) is 19.3 Å². The minimum Gasteiger partial charge on any atom is -0.211 e. The molecule has 1 aromatic carbocycles. The quantitative estimate of drug-likeness (QED) is 0.628. The van der Waals surface area contributed by atoms with Gasteiger partial charge in [0.25, 0.3) is 0 Å². The van der Waals surface area contributed by atoms with Crippen molar-refractivity contribution in [2.75, 3.05) is 6.54 Å². The third kappa shape index (κ3) is 3.37. The molecule has 1 saturated heterocycles. The number of benzene rings is 1. The third-order valence-corrected chi connectivity index (χ3v) is 5.34. The number of hydrogen-bond donors (Lipinski definition) is 0. The minimum atomic E-state index is -3.78. The molecule has 110 valence electrons. The molecule has 1 heterocycles. The van der Waals surface area contributed by atoms with E-state index in [9.17, 15) is 13.2 Å².